The van der Waals surface area contributed by atoms with Gasteiger partial charge in [-0.1, -0.05) is 31.5 Å². The number of sulfonamides is 1. The Morgan fingerprint density at radius 3 is 2.50 bits per heavy atom. The van der Waals surface area contributed by atoms with Crippen LogP contribution in [0.4, 0.5) is 11.4 Å². The number of fused-ring (bicyclic) bond motifs is 1. The Labute approximate surface area is 181 Å². The number of hydrogen-bond donors (Lipinski definition) is 2. The number of hydrogen-bond acceptors (Lipinski definition) is 4. The molecule has 0 fully saturated rings. The molecule has 0 spiro atoms. The molecule has 8 heteroatoms. The van der Waals surface area contributed by atoms with Gasteiger partial charge in [-0.25, -0.2) is 8.42 Å². The highest BCUT2D eigenvalue weighted by Gasteiger charge is 2.19. The number of benzene rings is 2. The summed E-state index contributed by atoms with van der Waals surface area (Å²) in [5, 5.41) is 4.75. The molecule has 30 heavy (non-hydrogen) atoms. The number of anilines is 2. The van der Waals surface area contributed by atoms with Gasteiger partial charge in [0.1, 0.15) is 0 Å². The first-order chi connectivity index (χ1) is 14.0. The van der Waals surface area contributed by atoms with Gasteiger partial charge < -0.3 is 10.3 Å². The molecule has 0 aliphatic rings. The third kappa shape index (κ3) is 5.15. The quantitative estimate of drug-likeness (QED) is 0.546. The van der Waals surface area contributed by atoms with E-state index in [-0.39, 0.29) is 17.5 Å². The van der Waals surface area contributed by atoms with E-state index in [2.05, 4.69) is 10.3 Å². The van der Waals surface area contributed by atoms with Crippen molar-refractivity contribution in [2.24, 2.45) is 5.92 Å². The third-order valence-corrected chi connectivity index (χ3v) is 6.15. The molecule has 0 bridgehead atoms. The molecule has 0 amide bonds. The minimum atomic E-state index is -3.41. The number of aromatic amines is 1. The average molecular weight is 448 g/mol. The molecule has 0 saturated carbocycles. The van der Waals surface area contributed by atoms with E-state index in [1.54, 1.807) is 36.4 Å². The number of aromatic nitrogens is 1. The molecule has 3 rings (SSSR count). The monoisotopic (exact) mass is 447 g/mol. The molecule has 2 aromatic carbocycles. The highest BCUT2D eigenvalue weighted by molar-refractivity contribution is 7.92. The lowest BCUT2D eigenvalue weighted by atomic mass is 10.1. The molecule has 0 aliphatic carbocycles. The predicted octanol–water partition coefficient (Wildman–Crippen LogP) is 4.78. The first kappa shape index (κ1) is 22.2. The Bertz CT molecular complexity index is 1220. The SMILES string of the molecule is CC(C)CN(c1cccc(N[C@@H](C)c2cc3cc(Cl)ccc3[nH]c2=O)c1)S(C)(=O)=O. The van der Waals surface area contributed by atoms with E-state index in [0.717, 1.165) is 16.6 Å². The number of rotatable bonds is 7. The zero-order valence-corrected chi connectivity index (χ0v) is 19.0. The van der Waals surface area contributed by atoms with Crippen molar-refractivity contribution >= 4 is 43.9 Å². The molecule has 1 aromatic heterocycles. The second-order valence-corrected chi connectivity index (χ2v) is 10.2. The molecule has 1 heterocycles. The summed E-state index contributed by atoms with van der Waals surface area (Å²) >= 11 is 6.08. The topological polar surface area (TPSA) is 82.3 Å². The normalized spacial score (nSPS) is 12.9. The first-order valence-corrected chi connectivity index (χ1v) is 11.9. The Balaban J connectivity index is 1.91. The summed E-state index contributed by atoms with van der Waals surface area (Å²) in [4.78, 5) is 15.4. The summed E-state index contributed by atoms with van der Waals surface area (Å²) in [5.74, 6) is 0.179. The van der Waals surface area contributed by atoms with Crippen molar-refractivity contribution in [1.82, 2.24) is 4.98 Å². The maximum atomic E-state index is 12.6. The minimum Gasteiger partial charge on any atom is -0.378 e. The maximum Gasteiger partial charge on any atom is 0.253 e. The molecule has 6 nitrogen and oxygen atoms in total. The van der Waals surface area contributed by atoms with E-state index in [1.807, 2.05) is 32.9 Å². The Hall–Kier alpha value is -2.51. The van der Waals surface area contributed by atoms with Gasteiger partial charge in [0.25, 0.3) is 5.56 Å². The van der Waals surface area contributed by atoms with Gasteiger partial charge in [0.2, 0.25) is 10.0 Å². The van der Waals surface area contributed by atoms with Crippen LogP contribution >= 0.6 is 11.6 Å². The van der Waals surface area contributed by atoms with Gasteiger partial charge in [0.15, 0.2) is 0 Å². The van der Waals surface area contributed by atoms with Crippen LogP contribution in [-0.2, 0) is 10.0 Å². The zero-order chi connectivity index (χ0) is 22.1. The number of nitrogens with zero attached hydrogens (tertiary/aromatic N) is 1. The van der Waals surface area contributed by atoms with Gasteiger partial charge in [0, 0.05) is 33.7 Å². The van der Waals surface area contributed by atoms with Crippen LogP contribution in [0.3, 0.4) is 0 Å². The smallest absolute Gasteiger partial charge is 0.253 e. The highest BCUT2D eigenvalue weighted by atomic mass is 35.5. The van der Waals surface area contributed by atoms with Gasteiger partial charge in [0.05, 0.1) is 18.0 Å². The third-order valence-electron chi connectivity index (χ3n) is 4.75. The van der Waals surface area contributed by atoms with Crippen LogP contribution in [-0.4, -0.2) is 26.2 Å². The Morgan fingerprint density at radius 1 is 1.10 bits per heavy atom. The van der Waals surface area contributed by atoms with Crippen molar-refractivity contribution in [2.75, 3.05) is 22.4 Å². The van der Waals surface area contributed by atoms with E-state index in [4.69, 9.17) is 11.6 Å². The minimum absolute atomic E-state index is 0.179. The molecule has 160 valence electrons. The predicted molar refractivity (Wildman–Crippen MR) is 125 cm³/mol. The van der Waals surface area contributed by atoms with Crippen LogP contribution in [0.25, 0.3) is 10.9 Å². The van der Waals surface area contributed by atoms with Crippen molar-refractivity contribution < 1.29 is 8.42 Å². The summed E-state index contributed by atoms with van der Waals surface area (Å²) in [6.07, 6.45) is 1.21. The van der Waals surface area contributed by atoms with E-state index < -0.39 is 10.0 Å². The lowest BCUT2D eigenvalue weighted by Gasteiger charge is -2.25. The lowest BCUT2D eigenvalue weighted by Crippen LogP contribution is -2.33. The van der Waals surface area contributed by atoms with E-state index in [1.165, 1.54) is 10.6 Å². The van der Waals surface area contributed by atoms with E-state index in [9.17, 15) is 13.2 Å². The molecule has 0 unspecified atom stereocenters. The summed E-state index contributed by atoms with van der Waals surface area (Å²) in [7, 11) is -3.41. The van der Waals surface area contributed by atoms with E-state index >= 15 is 0 Å². The van der Waals surface area contributed by atoms with Gasteiger partial charge in [-0.2, -0.15) is 0 Å². The van der Waals surface area contributed by atoms with Crippen molar-refractivity contribution in [3.05, 3.63) is 69.5 Å². The van der Waals surface area contributed by atoms with Crippen molar-refractivity contribution in [3.8, 4) is 0 Å². The number of H-pyrrole nitrogens is 1. The fraction of sp³-hybridized carbons (Fsp3) is 0.318. The molecule has 2 N–H and O–H groups in total. The zero-order valence-electron chi connectivity index (χ0n) is 17.4. The molecule has 0 radical (unpaired) electrons. The molecule has 0 saturated heterocycles. The number of halogens is 1. The fourth-order valence-corrected chi connectivity index (χ4v) is 4.60. The van der Waals surface area contributed by atoms with Crippen LogP contribution in [0.2, 0.25) is 5.02 Å². The van der Waals surface area contributed by atoms with Crippen molar-refractivity contribution in [1.29, 1.82) is 0 Å². The van der Waals surface area contributed by atoms with E-state index in [0.29, 0.717) is 22.8 Å². The lowest BCUT2D eigenvalue weighted by molar-refractivity contribution is 0.583. The maximum absolute atomic E-state index is 12.6. The van der Waals surface area contributed by atoms with Crippen LogP contribution in [0, 0.1) is 5.92 Å². The Morgan fingerprint density at radius 2 is 1.83 bits per heavy atom. The fourth-order valence-electron chi connectivity index (χ4n) is 3.36. The molecular formula is C22H26ClN3O3S. The molecule has 1 atom stereocenters. The van der Waals surface area contributed by atoms with Crippen molar-refractivity contribution in [2.45, 2.75) is 26.8 Å². The summed E-state index contributed by atoms with van der Waals surface area (Å²) in [6, 6.07) is 14.0. The summed E-state index contributed by atoms with van der Waals surface area (Å²) in [5.41, 5.74) is 2.42. The van der Waals surface area contributed by atoms with Gasteiger partial charge in [-0.3, -0.25) is 9.10 Å². The van der Waals surface area contributed by atoms with Gasteiger partial charge >= 0.3 is 0 Å². The van der Waals surface area contributed by atoms with Crippen LogP contribution in [0.1, 0.15) is 32.4 Å². The molecule has 3 aromatic rings. The Kier molecular flexibility index (Phi) is 6.43. The summed E-state index contributed by atoms with van der Waals surface area (Å²) < 4.78 is 25.9. The van der Waals surface area contributed by atoms with Crippen LogP contribution in [0.15, 0.2) is 53.3 Å². The van der Waals surface area contributed by atoms with Gasteiger partial charge in [-0.05, 0) is 55.3 Å². The van der Waals surface area contributed by atoms with Crippen LogP contribution < -0.4 is 15.2 Å². The number of nitrogens with one attached hydrogen (secondary N) is 2. The van der Waals surface area contributed by atoms with Crippen molar-refractivity contribution in [3.63, 3.8) is 0 Å². The average Bonchev–Trinajstić information content (AvgIpc) is 2.65. The number of pyridine rings is 1. The largest absolute Gasteiger partial charge is 0.378 e. The molecular weight excluding hydrogens is 422 g/mol. The second kappa shape index (κ2) is 8.70. The second-order valence-electron chi connectivity index (χ2n) is 7.89. The molecule has 0 aliphatic heterocycles. The van der Waals surface area contributed by atoms with Gasteiger partial charge in [-0.15, -0.1) is 0 Å². The first-order valence-electron chi connectivity index (χ1n) is 9.71. The van der Waals surface area contributed by atoms with Crippen LogP contribution in [0.5, 0.6) is 0 Å². The highest BCUT2D eigenvalue weighted by Crippen LogP contribution is 2.26. The summed E-state index contributed by atoms with van der Waals surface area (Å²) in [6.45, 7) is 6.22. The standard InChI is InChI=1S/C22H26ClN3O3S/c1-14(2)13-26(30(4,28)29)19-7-5-6-18(12-19)24-15(3)20-11-16-10-17(23)8-9-21(16)25-22(20)27/h5-12,14-15,24H,13H2,1-4H3,(H,25,27)/t15-/m0/s1.